The summed E-state index contributed by atoms with van der Waals surface area (Å²) in [5.74, 6) is -0.607. The van der Waals surface area contributed by atoms with Crippen molar-refractivity contribution >= 4 is 11.9 Å². The molecule has 0 amide bonds. The first kappa shape index (κ1) is 10.7. The smallest absolute Gasteiger partial charge is 0.320 e. The molecular weight excluding hydrogens is 192 g/mol. The normalized spacial score (nSPS) is 35.3. The van der Waals surface area contributed by atoms with Gasteiger partial charge in [0.05, 0.1) is 11.8 Å². The van der Waals surface area contributed by atoms with Gasteiger partial charge in [-0.1, -0.05) is 20.3 Å². The van der Waals surface area contributed by atoms with Crippen LogP contribution in [0.4, 0.5) is 0 Å². The highest BCUT2D eigenvalue weighted by molar-refractivity contribution is 5.97. The number of rotatable bonds is 0. The minimum atomic E-state index is -0.467. The Bertz CT molecular complexity index is 306. The van der Waals surface area contributed by atoms with Crippen molar-refractivity contribution in [3.63, 3.8) is 0 Å². The maximum absolute atomic E-state index is 11.7. The molecule has 3 heteroatoms. The number of carbonyl (C=O) groups is 2. The number of ether oxygens (including phenoxy) is 1. The van der Waals surface area contributed by atoms with Crippen LogP contribution in [0, 0.1) is 10.8 Å². The van der Waals surface area contributed by atoms with Crippen molar-refractivity contribution in [1.29, 1.82) is 0 Å². The number of carbonyl (C=O) groups excluding carboxylic acids is 2. The summed E-state index contributed by atoms with van der Waals surface area (Å²) in [6.07, 6.45) is 5.11. The van der Waals surface area contributed by atoms with E-state index in [1.54, 1.807) is 0 Å². The molecule has 1 heterocycles. The second-order valence-electron chi connectivity index (χ2n) is 5.74. The van der Waals surface area contributed by atoms with Gasteiger partial charge in [-0.25, -0.2) is 0 Å². The van der Waals surface area contributed by atoms with Crippen LogP contribution in [0.3, 0.4) is 0 Å². The van der Waals surface area contributed by atoms with Gasteiger partial charge in [0.1, 0.15) is 0 Å². The fourth-order valence-corrected chi connectivity index (χ4v) is 2.71. The largest absolute Gasteiger partial charge is 0.393 e. The van der Waals surface area contributed by atoms with Crippen molar-refractivity contribution in [3.05, 3.63) is 0 Å². The zero-order chi connectivity index (χ0) is 11.1. The van der Waals surface area contributed by atoms with Crippen LogP contribution in [0.2, 0.25) is 0 Å². The maximum Gasteiger partial charge on any atom is 0.320 e. The Balaban J connectivity index is 2.16. The Hall–Kier alpha value is -0.860. The summed E-state index contributed by atoms with van der Waals surface area (Å²) in [6.45, 7) is 4.46. The van der Waals surface area contributed by atoms with Crippen molar-refractivity contribution < 1.29 is 14.3 Å². The summed E-state index contributed by atoms with van der Waals surface area (Å²) in [7, 11) is 0. The van der Waals surface area contributed by atoms with E-state index in [9.17, 15) is 9.59 Å². The predicted octanol–water partition coefficient (Wildman–Crippen LogP) is 2.44. The van der Waals surface area contributed by atoms with E-state index in [0.717, 1.165) is 32.1 Å². The lowest BCUT2D eigenvalue weighted by atomic mass is 9.77. The topological polar surface area (TPSA) is 43.4 Å². The Morgan fingerprint density at radius 2 is 1.80 bits per heavy atom. The third-order valence-electron chi connectivity index (χ3n) is 3.91. The zero-order valence-corrected chi connectivity index (χ0v) is 9.47. The van der Waals surface area contributed by atoms with E-state index in [1.807, 2.05) is 0 Å². The molecule has 3 nitrogen and oxygen atoms in total. The van der Waals surface area contributed by atoms with Gasteiger partial charge in [-0.2, -0.15) is 0 Å². The van der Waals surface area contributed by atoms with Crippen LogP contribution in [0.15, 0.2) is 0 Å². The number of hydrogen-bond acceptors (Lipinski definition) is 3. The molecule has 84 valence electrons. The molecule has 1 atom stereocenters. The van der Waals surface area contributed by atoms with Gasteiger partial charge in [-0.3, -0.25) is 9.59 Å². The minimum absolute atomic E-state index is 0.273. The fourth-order valence-electron chi connectivity index (χ4n) is 2.71. The third-order valence-corrected chi connectivity index (χ3v) is 3.91. The highest BCUT2D eigenvalue weighted by atomic mass is 16.6. The standard InChI is InChI=1S/C12H18O3/c1-11(2)4-3-5-12(7-6-11)8-9(13)15-10(12)14/h3-8H2,1-2H3. The van der Waals surface area contributed by atoms with Gasteiger partial charge in [0.15, 0.2) is 0 Å². The molecule has 0 bridgehead atoms. The van der Waals surface area contributed by atoms with Crippen molar-refractivity contribution in [1.82, 2.24) is 0 Å². The van der Waals surface area contributed by atoms with Crippen molar-refractivity contribution in [2.45, 2.75) is 52.4 Å². The van der Waals surface area contributed by atoms with Crippen molar-refractivity contribution in [2.75, 3.05) is 0 Å². The maximum atomic E-state index is 11.7. The van der Waals surface area contributed by atoms with Gasteiger partial charge < -0.3 is 4.74 Å². The SMILES string of the molecule is CC1(C)CCCC2(CC1)CC(=O)OC2=O. The summed E-state index contributed by atoms with van der Waals surface area (Å²) >= 11 is 0. The zero-order valence-electron chi connectivity index (χ0n) is 9.47. The van der Waals surface area contributed by atoms with E-state index in [4.69, 9.17) is 4.74 Å². The van der Waals surface area contributed by atoms with E-state index in [1.165, 1.54) is 0 Å². The van der Waals surface area contributed by atoms with Crippen molar-refractivity contribution in [3.8, 4) is 0 Å². The van der Waals surface area contributed by atoms with Crippen LogP contribution in [0.25, 0.3) is 0 Å². The molecule has 1 saturated heterocycles. The minimum Gasteiger partial charge on any atom is -0.393 e. The fraction of sp³-hybridized carbons (Fsp3) is 0.833. The van der Waals surface area contributed by atoms with Crippen LogP contribution in [0.5, 0.6) is 0 Å². The lowest BCUT2D eigenvalue weighted by Gasteiger charge is -2.24. The van der Waals surface area contributed by atoms with Crippen LogP contribution in [0.1, 0.15) is 52.4 Å². The van der Waals surface area contributed by atoms with Crippen LogP contribution in [-0.2, 0) is 14.3 Å². The molecule has 1 aliphatic heterocycles. The first-order chi connectivity index (χ1) is 6.94. The molecule has 1 aliphatic carbocycles. The van der Waals surface area contributed by atoms with Gasteiger partial charge in [0.25, 0.3) is 0 Å². The summed E-state index contributed by atoms with van der Waals surface area (Å²) in [4.78, 5) is 22.8. The highest BCUT2D eigenvalue weighted by Gasteiger charge is 2.50. The second-order valence-corrected chi connectivity index (χ2v) is 5.74. The van der Waals surface area contributed by atoms with E-state index in [0.29, 0.717) is 11.8 Å². The molecule has 15 heavy (non-hydrogen) atoms. The van der Waals surface area contributed by atoms with Gasteiger partial charge in [0.2, 0.25) is 0 Å². The van der Waals surface area contributed by atoms with Crippen LogP contribution >= 0.6 is 0 Å². The monoisotopic (exact) mass is 210 g/mol. The van der Waals surface area contributed by atoms with Crippen LogP contribution in [-0.4, -0.2) is 11.9 Å². The van der Waals surface area contributed by atoms with Crippen molar-refractivity contribution in [2.24, 2.45) is 10.8 Å². The lowest BCUT2D eigenvalue weighted by Crippen LogP contribution is -2.26. The summed E-state index contributed by atoms with van der Waals surface area (Å²) in [5.41, 5.74) is -0.166. The molecule has 2 aliphatic rings. The summed E-state index contributed by atoms with van der Waals surface area (Å²) in [5, 5.41) is 0. The molecular formula is C12H18O3. The number of esters is 2. The average molecular weight is 210 g/mol. The van der Waals surface area contributed by atoms with Gasteiger partial charge in [0, 0.05) is 0 Å². The molecule has 0 radical (unpaired) electrons. The number of hydrogen-bond donors (Lipinski definition) is 0. The van der Waals surface area contributed by atoms with E-state index in [2.05, 4.69) is 13.8 Å². The quantitative estimate of drug-likeness (QED) is 0.455. The van der Waals surface area contributed by atoms with Crippen LogP contribution < -0.4 is 0 Å². The predicted molar refractivity (Wildman–Crippen MR) is 55.0 cm³/mol. The van der Waals surface area contributed by atoms with E-state index >= 15 is 0 Å². The second kappa shape index (κ2) is 3.32. The molecule has 0 aromatic rings. The molecule has 0 aromatic heterocycles. The first-order valence-corrected chi connectivity index (χ1v) is 5.69. The van der Waals surface area contributed by atoms with Gasteiger partial charge >= 0.3 is 11.9 Å². The molecule has 1 unspecified atom stereocenters. The van der Waals surface area contributed by atoms with E-state index in [-0.39, 0.29) is 11.9 Å². The highest BCUT2D eigenvalue weighted by Crippen LogP contribution is 2.47. The third kappa shape index (κ3) is 1.92. The molecule has 2 rings (SSSR count). The Labute approximate surface area is 90.2 Å². The summed E-state index contributed by atoms with van der Waals surface area (Å²) in [6, 6.07) is 0. The molecule has 0 N–H and O–H groups in total. The Kier molecular flexibility index (Phi) is 2.36. The first-order valence-electron chi connectivity index (χ1n) is 5.69. The molecule has 1 spiro atoms. The lowest BCUT2D eigenvalue weighted by molar-refractivity contribution is -0.155. The molecule has 0 aromatic carbocycles. The number of cyclic esters (lactones) is 2. The average Bonchev–Trinajstić information content (AvgIpc) is 2.28. The molecule has 2 fully saturated rings. The molecule has 1 saturated carbocycles. The van der Waals surface area contributed by atoms with Gasteiger partial charge in [-0.15, -0.1) is 0 Å². The van der Waals surface area contributed by atoms with E-state index < -0.39 is 5.41 Å². The summed E-state index contributed by atoms with van der Waals surface area (Å²) < 4.78 is 4.70. The Morgan fingerprint density at radius 1 is 1.07 bits per heavy atom. The Morgan fingerprint density at radius 3 is 2.40 bits per heavy atom. The van der Waals surface area contributed by atoms with Gasteiger partial charge in [-0.05, 0) is 31.1 Å².